The summed E-state index contributed by atoms with van der Waals surface area (Å²) in [4.78, 5) is 16.3. The Bertz CT molecular complexity index is 748. The Morgan fingerprint density at radius 1 is 1.33 bits per heavy atom. The lowest BCUT2D eigenvalue weighted by Gasteiger charge is -2.12. The molecule has 8 heteroatoms. The molecule has 0 radical (unpaired) electrons. The number of rotatable bonds is 6. The Labute approximate surface area is 141 Å². The van der Waals surface area contributed by atoms with Crippen LogP contribution in [-0.2, 0) is 4.79 Å². The lowest BCUT2D eigenvalue weighted by molar-refractivity contribution is -0.115. The van der Waals surface area contributed by atoms with Gasteiger partial charge in [0, 0.05) is 11.9 Å². The fourth-order valence-electron chi connectivity index (χ4n) is 1.74. The van der Waals surface area contributed by atoms with Gasteiger partial charge in [0.25, 0.3) is 0 Å². The summed E-state index contributed by atoms with van der Waals surface area (Å²) in [6.07, 6.45) is 1.51. The van der Waals surface area contributed by atoms with Gasteiger partial charge in [0.05, 0.1) is 21.9 Å². The van der Waals surface area contributed by atoms with E-state index in [0.717, 1.165) is 0 Å². The molecule has 1 aromatic heterocycles. The number of benzene rings is 1. The number of carbonyl (C=O) groups excluding carboxylic acids is 1. The number of carbonyl (C=O) groups is 1. The minimum absolute atomic E-state index is 0.0166. The number of hydrogen-bond acceptors (Lipinski definition) is 5. The van der Waals surface area contributed by atoms with E-state index in [1.54, 1.807) is 19.1 Å². The summed E-state index contributed by atoms with van der Waals surface area (Å²) in [6.45, 7) is -1.19. The van der Waals surface area contributed by atoms with Crippen molar-refractivity contribution in [1.82, 2.24) is 4.98 Å². The van der Waals surface area contributed by atoms with E-state index in [-0.39, 0.29) is 11.7 Å². The number of hydrogen-bond donors (Lipinski definition) is 1. The number of halogens is 2. The Balaban J connectivity index is 1.94. The number of alkyl halides is 2. The molecule has 2 rings (SSSR count). The second-order valence-corrected chi connectivity index (χ2v) is 6.01. The van der Waals surface area contributed by atoms with Crippen molar-refractivity contribution in [3.63, 3.8) is 0 Å². The van der Waals surface area contributed by atoms with Crippen LogP contribution in [0.2, 0.25) is 0 Å². The molecule has 0 bridgehead atoms. The average molecular weight is 349 g/mol. The molecule has 24 heavy (non-hydrogen) atoms. The standard InChI is InChI=1S/C16H13F2N3O2S/c1-10(24-14-8-11(9-19)6-7-20-14)15(22)21-12-2-4-13(5-3-12)23-16(17)18/h2-8,10,16H,1H3,(H,21,22). The Morgan fingerprint density at radius 2 is 2.04 bits per heavy atom. The number of anilines is 1. The monoisotopic (exact) mass is 349 g/mol. The molecule has 1 unspecified atom stereocenters. The van der Waals surface area contributed by atoms with Gasteiger partial charge in [-0.05, 0) is 43.3 Å². The van der Waals surface area contributed by atoms with Crippen LogP contribution in [0.15, 0.2) is 47.6 Å². The molecule has 1 aromatic carbocycles. The normalized spacial score (nSPS) is 11.6. The van der Waals surface area contributed by atoms with E-state index in [9.17, 15) is 13.6 Å². The van der Waals surface area contributed by atoms with Gasteiger partial charge in [-0.2, -0.15) is 14.0 Å². The van der Waals surface area contributed by atoms with Crippen LogP contribution < -0.4 is 10.1 Å². The average Bonchev–Trinajstić information content (AvgIpc) is 2.56. The number of nitriles is 1. The molecule has 124 valence electrons. The summed E-state index contributed by atoms with van der Waals surface area (Å²) < 4.78 is 28.4. The zero-order valence-corrected chi connectivity index (χ0v) is 13.4. The zero-order valence-electron chi connectivity index (χ0n) is 12.6. The van der Waals surface area contributed by atoms with E-state index in [4.69, 9.17) is 5.26 Å². The number of aromatic nitrogens is 1. The predicted molar refractivity (Wildman–Crippen MR) is 86.0 cm³/mol. The fourth-order valence-corrected chi connectivity index (χ4v) is 2.59. The van der Waals surface area contributed by atoms with E-state index in [0.29, 0.717) is 16.3 Å². The van der Waals surface area contributed by atoms with Crippen LogP contribution in [0.25, 0.3) is 0 Å². The molecule has 2 aromatic rings. The maximum absolute atomic E-state index is 12.2. The van der Waals surface area contributed by atoms with Gasteiger partial charge < -0.3 is 10.1 Å². The van der Waals surface area contributed by atoms with E-state index in [2.05, 4.69) is 15.0 Å². The number of ether oxygens (including phenoxy) is 1. The second-order valence-electron chi connectivity index (χ2n) is 4.65. The topological polar surface area (TPSA) is 75.0 Å². The first-order valence-electron chi connectivity index (χ1n) is 6.86. The molecule has 5 nitrogen and oxygen atoms in total. The molecule has 1 N–H and O–H groups in total. The molecule has 0 fully saturated rings. The van der Waals surface area contributed by atoms with Crippen molar-refractivity contribution in [2.24, 2.45) is 0 Å². The Morgan fingerprint density at radius 3 is 2.67 bits per heavy atom. The summed E-state index contributed by atoms with van der Waals surface area (Å²) in [5.41, 5.74) is 0.933. The molecule has 0 spiro atoms. The van der Waals surface area contributed by atoms with Gasteiger partial charge in [-0.1, -0.05) is 11.8 Å². The lowest BCUT2D eigenvalue weighted by Crippen LogP contribution is -2.22. The second kappa shape index (κ2) is 8.26. The third kappa shape index (κ3) is 5.21. The van der Waals surface area contributed by atoms with Gasteiger partial charge in [0.2, 0.25) is 5.91 Å². The predicted octanol–water partition coefficient (Wildman–Crippen LogP) is 3.67. The molecule has 0 aliphatic carbocycles. The molecule has 1 heterocycles. The van der Waals surface area contributed by atoms with Crippen molar-refractivity contribution in [3.05, 3.63) is 48.2 Å². The highest BCUT2D eigenvalue weighted by atomic mass is 32.2. The van der Waals surface area contributed by atoms with Crippen LogP contribution in [0, 0.1) is 11.3 Å². The van der Waals surface area contributed by atoms with Gasteiger partial charge in [-0.15, -0.1) is 0 Å². The van der Waals surface area contributed by atoms with Gasteiger partial charge in [0.15, 0.2) is 0 Å². The number of thioether (sulfide) groups is 1. The van der Waals surface area contributed by atoms with Crippen LogP contribution in [0.1, 0.15) is 12.5 Å². The van der Waals surface area contributed by atoms with E-state index in [1.807, 2.05) is 6.07 Å². The largest absolute Gasteiger partial charge is 0.435 e. The van der Waals surface area contributed by atoms with Crippen molar-refractivity contribution in [3.8, 4) is 11.8 Å². The van der Waals surface area contributed by atoms with E-state index < -0.39 is 11.9 Å². The first-order chi connectivity index (χ1) is 11.5. The van der Waals surface area contributed by atoms with Crippen molar-refractivity contribution in [2.45, 2.75) is 23.8 Å². The third-order valence-electron chi connectivity index (χ3n) is 2.88. The molecule has 0 aliphatic rings. The summed E-state index contributed by atoms with van der Waals surface area (Å²) in [6, 6.07) is 10.8. The van der Waals surface area contributed by atoms with Crippen LogP contribution in [-0.4, -0.2) is 22.8 Å². The quantitative estimate of drug-likeness (QED) is 0.805. The highest BCUT2D eigenvalue weighted by Crippen LogP contribution is 2.23. The molecule has 0 saturated heterocycles. The maximum atomic E-state index is 12.2. The third-order valence-corrected chi connectivity index (χ3v) is 3.91. The van der Waals surface area contributed by atoms with Crippen LogP contribution >= 0.6 is 11.8 Å². The van der Waals surface area contributed by atoms with Crippen LogP contribution in [0.5, 0.6) is 5.75 Å². The number of nitrogens with one attached hydrogen (secondary N) is 1. The maximum Gasteiger partial charge on any atom is 0.387 e. The van der Waals surface area contributed by atoms with Crippen LogP contribution in [0.3, 0.4) is 0 Å². The number of pyridine rings is 1. The first-order valence-corrected chi connectivity index (χ1v) is 7.74. The van der Waals surface area contributed by atoms with Crippen LogP contribution in [0.4, 0.5) is 14.5 Å². The Kier molecular flexibility index (Phi) is 6.09. The fraction of sp³-hybridized carbons (Fsp3) is 0.188. The summed E-state index contributed by atoms with van der Waals surface area (Å²) in [7, 11) is 0. The van der Waals surface area contributed by atoms with Crippen molar-refractivity contribution >= 4 is 23.4 Å². The number of nitrogens with zero attached hydrogens (tertiary/aromatic N) is 2. The minimum Gasteiger partial charge on any atom is -0.435 e. The van der Waals surface area contributed by atoms with Crippen molar-refractivity contribution in [2.75, 3.05) is 5.32 Å². The van der Waals surface area contributed by atoms with Crippen molar-refractivity contribution < 1.29 is 18.3 Å². The highest BCUT2D eigenvalue weighted by Gasteiger charge is 2.15. The summed E-state index contributed by atoms with van der Waals surface area (Å²) in [5.74, 6) is -0.255. The lowest BCUT2D eigenvalue weighted by atomic mass is 10.3. The molecule has 0 aliphatic heterocycles. The van der Waals surface area contributed by atoms with E-state index >= 15 is 0 Å². The molecular weight excluding hydrogens is 336 g/mol. The smallest absolute Gasteiger partial charge is 0.387 e. The zero-order chi connectivity index (χ0) is 17.5. The SMILES string of the molecule is CC(Sc1cc(C#N)ccn1)C(=O)Nc1ccc(OC(F)F)cc1. The number of amides is 1. The summed E-state index contributed by atoms with van der Waals surface area (Å²) in [5, 5.41) is 11.6. The van der Waals surface area contributed by atoms with Crippen molar-refractivity contribution in [1.29, 1.82) is 5.26 Å². The molecule has 1 atom stereocenters. The van der Waals surface area contributed by atoms with Gasteiger partial charge in [-0.3, -0.25) is 4.79 Å². The van der Waals surface area contributed by atoms with Gasteiger partial charge >= 0.3 is 6.61 Å². The van der Waals surface area contributed by atoms with Gasteiger partial charge in [-0.25, -0.2) is 4.98 Å². The summed E-state index contributed by atoms with van der Waals surface area (Å²) >= 11 is 1.21. The Hall–Kier alpha value is -2.66. The first kappa shape index (κ1) is 17.7. The molecular formula is C16H13F2N3O2S. The molecule has 0 saturated carbocycles. The molecule has 1 amide bonds. The van der Waals surface area contributed by atoms with E-state index in [1.165, 1.54) is 42.2 Å². The van der Waals surface area contributed by atoms with Gasteiger partial charge in [0.1, 0.15) is 5.75 Å². The highest BCUT2D eigenvalue weighted by molar-refractivity contribution is 8.00. The minimum atomic E-state index is -2.89.